The zero-order valence-electron chi connectivity index (χ0n) is 14.8. The molecule has 4 heteroatoms. The van der Waals surface area contributed by atoms with E-state index in [4.69, 9.17) is 18.9 Å². The minimum atomic E-state index is -0.408. The molecule has 4 atom stereocenters. The Labute approximate surface area is 149 Å². The van der Waals surface area contributed by atoms with E-state index in [2.05, 4.69) is 31.2 Å². The normalized spacial score (nSPS) is 26.0. The van der Waals surface area contributed by atoms with Gasteiger partial charge in [-0.05, 0) is 17.5 Å². The van der Waals surface area contributed by atoms with E-state index in [0.29, 0.717) is 13.2 Å². The third kappa shape index (κ3) is 4.67. The van der Waals surface area contributed by atoms with Crippen molar-refractivity contribution >= 4 is 0 Å². The summed E-state index contributed by atoms with van der Waals surface area (Å²) in [7, 11) is 1.65. The largest absolute Gasteiger partial charge is 0.368 e. The van der Waals surface area contributed by atoms with Crippen molar-refractivity contribution in [3.8, 4) is 0 Å². The Balaban J connectivity index is 1.66. The van der Waals surface area contributed by atoms with E-state index >= 15 is 0 Å². The van der Waals surface area contributed by atoms with Crippen LogP contribution < -0.4 is 0 Å². The molecule has 0 spiro atoms. The molecule has 4 nitrogen and oxygen atoms in total. The van der Waals surface area contributed by atoms with Gasteiger partial charge in [0, 0.05) is 7.11 Å². The van der Waals surface area contributed by atoms with Crippen molar-refractivity contribution < 1.29 is 18.9 Å². The standard InChI is InChI=1S/C21H26O4/c1-3-18-19(23-14-16-10-6-4-7-11-16)20(21(22-2)25-18)24-15-17-12-8-5-9-13-17/h4-13,18-21H,3,14-15H2,1-2H3. The molecule has 0 radical (unpaired) electrons. The van der Waals surface area contributed by atoms with Crippen LogP contribution in [0, 0.1) is 0 Å². The number of methoxy groups -OCH3 is 1. The lowest BCUT2D eigenvalue weighted by molar-refractivity contribution is -0.166. The first-order valence-corrected chi connectivity index (χ1v) is 8.81. The fourth-order valence-electron chi connectivity index (χ4n) is 3.12. The summed E-state index contributed by atoms with van der Waals surface area (Å²) in [5.74, 6) is 0. The summed E-state index contributed by atoms with van der Waals surface area (Å²) in [6.45, 7) is 3.14. The zero-order valence-corrected chi connectivity index (χ0v) is 14.8. The topological polar surface area (TPSA) is 36.9 Å². The first-order valence-electron chi connectivity index (χ1n) is 8.81. The highest BCUT2D eigenvalue weighted by molar-refractivity contribution is 5.14. The molecule has 0 N–H and O–H groups in total. The summed E-state index contributed by atoms with van der Waals surface area (Å²) in [5.41, 5.74) is 2.26. The van der Waals surface area contributed by atoms with Crippen molar-refractivity contribution in [2.75, 3.05) is 7.11 Å². The van der Waals surface area contributed by atoms with Crippen LogP contribution in [0.2, 0.25) is 0 Å². The number of benzene rings is 2. The summed E-state index contributed by atoms with van der Waals surface area (Å²) in [5, 5.41) is 0. The van der Waals surface area contributed by atoms with Crippen LogP contribution in [0.3, 0.4) is 0 Å². The van der Waals surface area contributed by atoms with Crippen molar-refractivity contribution in [3.63, 3.8) is 0 Å². The van der Waals surface area contributed by atoms with Crippen LogP contribution in [0.25, 0.3) is 0 Å². The zero-order chi connectivity index (χ0) is 17.5. The Hall–Kier alpha value is -1.72. The molecule has 2 aromatic carbocycles. The van der Waals surface area contributed by atoms with Gasteiger partial charge < -0.3 is 18.9 Å². The van der Waals surface area contributed by atoms with E-state index in [9.17, 15) is 0 Å². The maximum atomic E-state index is 6.20. The van der Waals surface area contributed by atoms with Gasteiger partial charge >= 0.3 is 0 Å². The maximum Gasteiger partial charge on any atom is 0.186 e. The van der Waals surface area contributed by atoms with Crippen LogP contribution in [0.4, 0.5) is 0 Å². The highest BCUT2D eigenvalue weighted by atomic mass is 16.7. The SMILES string of the molecule is CCC1OC(OC)C(OCc2ccccc2)C1OCc1ccccc1. The van der Waals surface area contributed by atoms with Crippen molar-refractivity contribution in [3.05, 3.63) is 71.8 Å². The average molecular weight is 342 g/mol. The number of rotatable bonds is 8. The van der Waals surface area contributed by atoms with Crippen molar-refractivity contribution in [2.45, 2.75) is 51.2 Å². The van der Waals surface area contributed by atoms with E-state index < -0.39 is 6.29 Å². The van der Waals surface area contributed by atoms with Gasteiger partial charge in [0.2, 0.25) is 0 Å². The molecule has 134 valence electrons. The summed E-state index contributed by atoms with van der Waals surface area (Å²) >= 11 is 0. The molecule has 0 bridgehead atoms. The molecular weight excluding hydrogens is 316 g/mol. The first kappa shape index (κ1) is 18.1. The first-order chi connectivity index (χ1) is 12.3. The Morgan fingerprint density at radius 3 is 1.80 bits per heavy atom. The molecule has 3 rings (SSSR count). The van der Waals surface area contributed by atoms with Crippen LogP contribution in [0.5, 0.6) is 0 Å². The third-order valence-corrected chi connectivity index (χ3v) is 4.47. The van der Waals surface area contributed by atoms with Gasteiger partial charge in [-0.1, -0.05) is 67.6 Å². The van der Waals surface area contributed by atoms with E-state index in [1.54, 1.807) is 7.11 Å². The van der Waals surface area contributed by atoms with Crippen LogP contribution in [-0.2, 0) is 32.2 Å². The van der Waals surface area contributed by atoms with Crippen LogP contribution in [0.1, 0.15) is 24.5 Å². The van der Waals surface area contributed by atoms with Crippen molar-refractivity contribution in [2.24, 2.45) is 0 Å². The van der Waals surface area contributed by atoms with Gasteiger partial charge in [-0.3, -0.25) is 0 Å². The molecule has 1 aliphatic rings. The van der Waals surface area contributed by atoms with Gasteiger partial charge in [0.05, 0.1) is 19.3 Å². The van der Waals surface area contributed by atoms with Crippen LogP contribution in [-0.4, -0.2) is 31.7 Å². The Kier molecular flexibility index (Phi) is 6.59. The summed E-state index contributed by atoms with van der Waals surface area (Å²) in [4.78, 5) is 0. The van der Waals surface area contributed by atoms with Gasteiger partial charge in [-0.15, -0.1) is 0 Å². The lowest BCUT2D eigenvalue weighted by Gasteiger charge is -2.24. The molecule has 0 aromatic heterocycles. The minimum absolute atomic E-state index is 0.0329. The van der Waals surface area contributed by atoms with E-state index in [-0.39, 0.29) is 18.3 Å². The minimum Gasteiger partial charge on any atom is -0.368 e. The predicted molar refractivity (Wildman–Crippen MR) is 96.0 cm³/mol. The summed E-state index contributed by atoms with van der Waals surface area (Å²) < 4.78 is 23.8. The molecule has 2 aromatic rings. The molecular formula is C21H26O4. The second kappa shape index (κ2) is 9.11. The Morgan fingerprint density at radius 2 is 1.32 bits per heavy atom. The second-order valence-corrected chi connectivity index (χ2v) is 6.21. The number of hydrogen-bond donors (Lipinski definition) is 0. The predicted octanol–water partition coefficient (Wildman–Crippen LogP) is 3.94. The average Bonchev–Trinajstić information content (AvgIpc) is 3.03. The molecule has 0 saturated carbocycles. The van der Waals surface area contributed by atoms with Gasteiger partial charge in [0.1, 0.15) is 12.2 Å². The maximum absolute atomic E-state index is 6.20. The van der Waals surface area contributed by atoms with Gasteiger partial charge in [-0.25, -0.2) is 0 Å². The molecule has 25 heavy (non-hydrogen) atoms. The fourth-order valence-corrected chi connectivity index (χ4v) is 3.12. The Morgan fingerprint density at radius 1 is 0.800 bits per heavy atom. The quantitative estimate of drug-likeness (QED) is 0.728. The lowest BCUT2D eigenvalue weighted by Crippen LogP contribution is -2.38. The number of ether oxygens (including phenoxy) is 4. The monoisotopic (exact) mass is 342 g/mol. The van der Waals surface area contributed by atoms with Crippen molar-refractivity contribution in [1.29, 1.82) is 0 Å². The smallest absolute Gasteiger partial charge is 0.186 e. The fraction of sp³-hybridized carbons (Fsp3) is 0.429. The highest BCUT2D eigenvalue weighted by Gasteiger charge is 2.45. The van der Waals surface area contributed by atoms with E-state index in [1.807, 2.05) is 36.4 Å². The number of hydrogen-bond acceptors (Lipinski definition) is 4. The van der Waals surface area contributed by atoms with Gasteiger partial charge in [-0.2, -0.15) is 0 Å². The molecule has 0 aliphatic carbocycles. The highest BCUT2D eigenvalue weighted by Crippen LogP contribution is 2.30. The lowest BCUT2D eigenvalue weighted by atomic mass is 10.1. The van der Waals surface area contributed by atoms with Crippen LogP contribution >= 0.6 is 0 Å². The van der Waals surface area contributed by atoms with E-state index in [1.165, 1.54) is 0 Å². The molecule has 1 aliphatic heterocycles. The molecule has 1 fully saturated rings. The van der Waals surface area contributed by atoms with Gasteiger partial charge in [0.25, 0.3) is 0 Å². The molecule has 0 amide bonds. The third-order valence-electron chi connectivity index (χ3n) is 4.47. The van der Waals surface area contributed by atoms with Crippen LogP contribution in [0.15, 0.2) is 60.7 Å². The molecule has 1 saturated heterocycles. The molecule has 4 unspecified atom stereocenters. The van der Waals surface area contributed by atoms with Crippen molar-refractivity contribution in [1.82, 2.24) is 0 Å². The summed E-state index contributed by atoms with van der Waals surface area (Å²) in [6, 6.07) is 20.3. The Bertz CT molecular complexity index is 561. The molecule has 1 heterocycles. The van der Waals surface area contributed by atoms with E-state index in [0.717, 1.165) is 17.5 Å². The van der Waals surface area contributed by atoms with Gasteiger partial charge in [0.15, 0.2) is 6.29 Å². The summed E-state index contributed by atoms with van der Waals surface area (Å²) in [6.07, 6.45) is 0.00597. The second-order valence-electron chi connectivity index (χ2n) is 6.21.